The van der Waals surface area contributed by atoms with Gasteiger partial charge < -0.3 is 15.2 Å². The summed E-state index contributed by atoms with van der Waals surface area (Å²) in [6.45, 7) is 1.34. The van der Waals surface area contributed by atoms with Crippen molar-refractivity contribution in [2.24, 2.45) is 0 Å². The monoisotopic (exact) mass is 223 g/mol. The van der Waals surface area contributed by atoms with Crippen molar-refractivity contribution in [3.8, 4) is 0 Å². The maximum Gasteiger partial charge on any atom is 0.339 e. The Balaban J connectivity index is 2.00. The van der Waals surface area contributed by atoms with Gasteiger partial charge in [0.1, 0.15) is 5.56 Å². The van der Waals surface area contributed by atoms with Crippen LogP contribution in [0.15, 0.2) is 12.3 Å². The van der Waals surface area contributed by atoms with E-state index in [2.05, 4.69) is 15.5 Å². The molecule has 1 atom stereocenters. The van der Waals surface area contributed by atoms with Crippen LogP contribution in [0.5, 0.6) is 0 Å². The Hall–Kier alpha value is -1.69. The number of carboxylic acids is 1. The molecule has 0 radical (unpaired) electrons. The highest BCUT2D eigenvalue weighted by Crippen LogP contribution is 2.14. The minimum atomic E-state index is -1.01. The van der Waals surface area contributed by atoms with Crippen LogP contribution in [-0.4, -0.2) is 40.5 Å². The first-order valence-corrected chi connectivity index (χ1v) is 5.18. The van der Waals surface area contributed by atoms with Crippen LogP contribution in [0, 0.1) is 0 Å². The summed E-state index contributed by atoms with van der Waals surface area (Å²) >= 11 is 0. The van der Waals surface area contributed by atoms with E-state index in [1.807, 2.05) is 0 Å². The predicted molar refractivity (Wildman–Crippen MR) is 56.5 cm³/mol. The summed E-state index contributed by atoms with van der Waals surface area (Å²) in [6.07, 6.45) is 3.55. The third-order valence-electron chi connectivity index (χ3n) is 2.47. The summed E-state index contributed by atoms with van der Waals surface area (Å²) in [5.41, 5.74) is 0.132. The van der Waals surface area contributed by atoms with Crippen LogP contribution in [0.3, 0.4) is 0 Å². The molecule has 16 heavy (non-hydrogen) atoms. The lowest BCUT2D eigenvalue weighted by Gasteiger charge is -2.11. The van der Waals surface area contributed by atoms with Crippen LogP contribution in [0.4, 0.5) is 5.82 Å². The number of nitrogens with one attached hydrogen (secondary N) is 1. The Bertz CT molecular complexity index is 377. The average molecular weight is 223 g/mol. The van der Waals surface area contributed by atoms with Gasteiger partial charge in [-0.2, -0.15) is 5.10 Å². The maximum absolute atomic E-state index is 10.9. The van der Waals surface area contributed by atoms with Crippen molar-refractivity contribution in [2.75, 3.05) is 18.5 Å². The Morgan fingerprint density at radius 1 is 1.69 bits per heavy atom. The first kappa shape index (κ1) is 10.8. The van der Waals surface area contributed by atoms with Gasteiger partial charge in [-0.05, 0) is 18.9 Å². The Labute approximate surface area is 92.6 Å². The first-order chi connectivity index (χ1) is 7.77. The van der Waals surface area contributed by atoms with Gasteiger partial charge in [-0.1, -0.05) is 0 Å². The Morgan fingerprint density at radius 2 is 2.56 bits per heavy atom. The molecule has 2 heterocycles. The zero-order valence-electron chi connectivity index (χ0n) is 8.72. The van der Waals surface area contributed by atoms with Gasteiger partial charge in [-0.15, -0.1) is 5.10 Å². The third-order valence-corrected chi connectivity index (χ3v) is 2.47. The van der Waals surface area contributed by atoms with E-state index >= 15 is 0 Å². The maximum atomic E-state index is 10.9. The zero-order chi connectivity index (χ0) is 11.4. The Kier molecular flexibility index (Phi) is 3.31. The lowest BCUT2D eigenvalue weighted by Crippen LogP contribution is -2.20. The first-order valence-electron chi connectivity index (χ1n) is 5.18. The molecule has 0 saturated carbocycles. The van der Waals surface area contributed by atoms with Crippen LogP contribution >= 0.6 is 0 Å². The van der Waals surface area contributed by atoms with Gasteiger partial charge in [0, 0.05) is 13.2 Å². The molecule has 86 valence electrons. The van der Waals surface area contributed by atoms with Crippen molar-refractivity contribution >= 4 is 11.8 Å². The summed E-state index contributed by atoms with van der Waals surface area (Å²) in [4.78, 5) is 10.9. The SMILES string of the molecule is O=C(O)c1ccnnc1NCC1CCCO1. The number of anilines is 1. The molecule has 1 aliphatic heterocycles. The van der Waals surface area contributed by atoms with Crippen LogP contribution in [0.2, 0.25) is 0 Å². The summed E-state index contributed by atoms with van der Waals surface area (Å²) < 4.78 is 5.42. The van der Waals surface area contributed by atoms with Crippen molar-refractivity contribution < 1.29 is 14.6 Å². The van der Waals surface area contributed by atoms with E-state index in [0.717, 1.165) is 19.4 Å². The summed E-state index contributed by atoms with van der Waals surface area (Å²) in [5, 5.41) is 19.3. The smallest absolute Gasteiger partial charge is 0.339 e. The minimum absolute atomic E-state index is 0.132. The molecule has 6 nitrogen and oxygen atoms in total. The molecule has 1 aromatic rings. The van der Waals surface area contributed by atoms with Gasteiger partial charge >= 0.3 is 5.97 Å². The molecule has 0 aliphatic carbocycles. The van der Waals surface area contributed by atoms with Gasteiger partial charge in [0.2, 0.25) is 0 Å². The molecule has 2 N–H and O–H groups in total. The van der Waals surface area contributed by atoms with E-state index in [1.54, 1.807) is 0 Å². The van der Waals surface area contributed by atoms with E-state index in [-0.39, 0.29) is 11.7 Å². The molecular formula is C10H13N3O3. The van der Waals surface area contributed by atoms with E-state index < -0.39 is 5.97 Å². The van der Waals surface area contributed by atoms with Gasteiger partial charge in [0.25, 0.3) is 0 Å². The number of aromatic carboxylic acids is 1. The van der Waals surface area contributed by atoms with Gasteiger partial charge in [0.15, 0.2) is 5.82 Å². The fourth-order valence-electron chi connectivity index (χ4n) is 1.65. The molecule has 1 fully saturated rings. The van der Waals surface area contributed by atoms with E-state index in [9.17, 15) is 4.79 Å². The minimum Gasteiger partial charge on any atom is -0.478 e. The van der Waals surface area contributed by atoms with Crippen molar-refractivity contribution in [1.82, 2.24) is 10.2 Å². The van der Waals surface area contributed by atoms with Gasteiger partial charge in [-0.3, -0.25) is 0 Å². The number of aromatic nitrogens is 2. The van der Waals surface area contributed by atoms with E-state index in [0.29, 0.717) is 12.4 Å². The predicted octanol–water partition coefficient (Wildman–Crippen LogP) is 0.766. The van der Waals surface area contributed by atoms with Crippen LogP contribution in [0.1, 0.15) is 23.2 Å². The van der Waals surface area contributed by atoms with Crippen molar-refractivity contribution in [3.05, 3.63) is 17.8 Å². The second kappa shape index (κ2) is 4.89. The molecule has 1 aromatic heterocycles. The second-order valence-corrected chi connectivity index (χ2v) is 3.61. The lowest BCUT2D eigenvalue weighted by atomic mass is 10.2. The number of rotatable bonds is 4. The fraction of sp³-hybridized carbons (Fsp3) is 0.500. The standard InChI is InChI=1S/C10H13N3O3/c14-10(15)8-3-4-12-13-9(8)11-6-7-2-1-5-16-7/h3-4,7H,1-2,5-6H2,(H,11,13)(H,14,15). The summed E-state index contributed by atoms with van der Waals surface area (Å²) in [5.74, 6) is -0.713. The highest BCUT2D eigenvalue weighted by Gasteiger charge is 2.17. The zero-order valence-corrected chi connectivity index (χ0v) is 8.72. The van der Waals surface area contributed by atoms with E-state index in [1.165, 1.54) is 12.3 Å². The van der Waals surface area contributed by atoms with Gasteiger partial charge in [0.05, 0.1) is 12.3 Å². The third kappa shape index (κ3) is 2.46. The quantitative estimate of drug-likeness (QED) is 0.784. The lowest BCUT2D eigenvalue weighted by molar-refractivity contribution is 0.0697. The highest BCUT2D eigenvalue weighted by atomic mass is 16.5. The highest BCUT2D eigenvalue weighted by molar-refractivity contribution is 5.92. The second-order valence-electron chi connectivity index (χ2n) is 3.61. The van der Waals surface area contributed by atoms with Crippen molar-refractivity contribution in [3.63, 3.8) is 0 Å². The molecule has 1 unspecified atom stereocenters. The van der Waals surface area contributed by atoms with Crippen molar-refractivity contribution in [1.29, 1.82) is 0 Å². The Morgan fingerprint density at radius 3 is 3.25 bits per heavy atom. The molecule has 0 bridgehead atoms. The topological polar surface area (TPSA) is 84.3 Å². The summed E-state index contributed by atoms with van der Waals surface area (Å²) in [7, 11) is 0. The van der Waals surface area contributed by atoms with Crippen LogP contribution in [0.25, 0.3) is 0 Å². The molecule has 1 saturated heterocycles. The molecular weight excluding hydrogens is 210 g/mol. The van der Waals surface area contributed by atoms with Crippen LogP contribution < -0.4 is 5.32 Å². The molecule has 2 rings (SSSR count). The number of hydrogen-bond donors (Lipinski definition) is 2. The molecule has 6 heteroatoms. The van der Waals surface area contributed by atoms with Gasteiger partial charge in [-0.25, -0.2) is 4.79 Å². The molecule has 0 spiro atoms. The number of ether oxygens (including phenoxy) is 1. The average Bonchev–Trinajstić information content (AvgIpc) is 2.79. The van der Waals surface area contributed by atoms with Crippen molar-refractivity contribution in [2.45, 2.75) is 18.9 Å². The molecule has 1 aliphatic rings. The normalized spacial score (nSPS) is 19.6. The van der Waals surface area contributed by atoms with E-state index in [4.69, 9.17) is 9.84 Å². The van der Waals surface area contributed by atoms with Crippen LogP contribution in [-0.2, 0) is 4.74 Å². The number of carboxylic acid groups (broad SMARTS) is 1. The number of carbonyl (C=O) groups is 1. The fourth-order valence-corrected chi connectivity index (χ4v) is 1.65. The molecule has 0 aromatic carbocycles. The molecule has 0 amide bonds. The number of hydrogen-bond acceptors (Lipinski definition) is 5. The number of nitrogens with zero attached hydrogens (tertiary/aromatic N) is 2. The largest absolute Gasteiger partial charge is 0.478 e. The summed E-state index contributed by atoms with van der Waals surface area (Å²) in [6, 6.07) is 1.42.